The number of hydrogen-bond acceptors (Lipinski definition) is 4. The van der Waals surface area contributed by atoms with Crippen LogP contribution >= 0.6 is 11.5 Å². The molecule has 6 heteroatoms. The molecule has 88 valence electrons. The second-order valence-electron chi connectivity index (χ2n) is 3.87. The van der Waals surface area contributed by atoms with E-state index in [-0.39, 0.29) is 5.75 Å². The Morgan fingerprint density at radius 2 is 2.06 bits per heavy atom. The third-order valence-electron chi connectivity index (χ3n) is 2.46. The zero-order valence-electron chi connectivity index (χ0n) is 8.69. The fourth-order valence-electron chi connectivity index (χ4n) is 1.41. The molecule has 0 amide bonds. The van der Waals surface area contributed by atoms with Gasteiger partial charge in [0.15, 0.2) is 11.6 Å². The summed E-state index contributed by atoms with van der Waals surface area (Å²) in [5, 5.41) is 0.359. The van der Waals surface area contributed by atoms with Gasteiger partial charge in [0.05, 0.1) is 0 Å². The summed E-state index contributed by atoms with van der Waals surface area (Å²) in [5.41, 5.74) is 0. The molecule has 0 N–H and O–H groups in total. The van der Waals surface area contributed by atoms with E-state index < -0.39 is 11.6 Å². The number of halogens is 2. The molecule has 3 nitrogen and oxygen atoms in total. The van der Waals surface area contributed by atoms with Crippen LogP contribution in [0.25, 0.3) is 0 Å². The van der Waals surface area contributed by atoms with Crippen molar-refractivity contribution in [3.05, 3.63) is 35.7 Å². The predicted molar refractivity (Wildman–Crippen MR) is 58.3 cm³/mol. The molecule has 17 heavy (non-hydrogen) atoms. The van der Waals surface area contributed by atoms with Gasteiger partial charge in [-0.25, -0.2) is 8.78 Å². The van der Waals surface area contributed by atoms with Crippen LogP contribution in [-0.4, -0.2) is 9.36 Å². The quantitative estimate of drug-likeness (QED) is 0.841. The summed E-state index contributed by atoms with van der Waals surface area (Å²) in [5.74, 6) is -0.369. The van der Waals surface area contributed by atoms with Crippen LogP contribution in [0.4, 0.5) is 8.78 Å². The zero-order valence-corrected chi connectivity index (χ0v) is 9.51. The van der Waals surface area contributed by atoms with Crippen molar-refractivity contribution in [1.29, 1.82) is 0 Å². The van der Waals surface area contributed by atoms with Gasteiger partial charge in [-0.3, -0.25) is 0 Å². The van der Waals surface area contributed by atoms with Crippen molar-refractivity contribution in [3.8, 4) is 10.9 Å². The van der Waals surface area contributed by atoms with Gasteiger partial charge in [-0.2, -0.15) is 9.36 Å². The first kappa shape index (κ1) is 10.6. The molecule has 0 atom stereocenters. The zero-order chi connectivity index (χ0) is 11.8. The number of nitrogens with zero attached hydrogens (tertiary/aromatic N) is 2. The Labute approximate surface area is 100 Å². The Morgan fingerprint density at radius 3 is 2.76 bits per heavy atom. The maximum Gasteiger partial charge on any atom is 0.298 e. The van der Waals surface area contributed by atoms with Crippen molar-refractivity contribution in [2.45, 2.75) is 18.8 Å². The van der Waals surface area contributed by atoms with E-state index in [1.807, 2.05) is 0 Å². The Balaban J connectivity index is 1.78. The molecule has 0 unspecified atom stereocenters. The van der Waals surface area contributed by atoms with Crippen molar-refractivity contribution in [2.75, 3.05) is 0 Å². The van der Waals surface area contributed by atoms with Crippen LogP contribution < -0.4 is 4.74 Å². The molecule has 1 aliphatic carbocycles. The van der Waals surface area contributed by atoms with Crippen molar-refractivity contribution in [3.63, 3.8) is 0 Å². The molecular weight excluding hydrogens is 246 g/mol. The predicted octanol–water partition coefficient (Wildman–Crippen LogP) is 3.49. The molecule has 0 saturated heterocycles. The minimum atomic E-state index is -0.936. The third kappa shape index (κ3) is 2.26. The van der Waals surface area contributed by atoms with Crippen molar-refractivity contribution in [1.82, 2.24) is 9.36 Å². The SMILES string of the molecule is Fc1ccc(Oc2nc(C3CC3)ns2)cc1F. The van der Waals surface area contributed by atoms with Crippen LogP contribution in [0, 0.1) is 11.6 Å². The highest BCUT2D eigenvalue weighted by Crippen LogP contribution is 2.40. The summed E-state index contributed by atoms with van der Waals surface area (Å²) in [4.78, 5) is 4.19. The molecule has 0 bridgehead atoms. The lowest BCUT2D eigenvalue weighted by molar-refractivity contribution is 0.458. The van der Waals surface area contributed by atoms with E-state index >= 15 is 0 Å². The van der Waals surface area contributed by atoms with E-state index in [1.54, 1.807) is 0 Å². The van der Waals surface area contributed by atoms with Gasteiger partial charge < -0.3 is 4.74 Å². The highest BCUT2D eigenvalue weighted by atomic mass is 32.1. The molecule has 2 aromatic rings. The van der Waals surface area contributed by atoms with E-state index in [0.29, 0.717) is 11.1 Å². The first-order valence-corrected chi connectivity index (χ1v) is 5.96. The van der Waals surface area contributed by atoms with Crippen LogP contribution in [0.1, 0.15) is 24.6 Å². The van der Waals surface area contributed by atoms with Crippen LogP contribution in [0.15, 0.2) is 18.2 Å². The van der Waals surface area contributed by atoms with Crippen LogP contribution in [-0.2, 0) is 0 Å². The van der Waals surface area contributed by atoms with E-state index in [4.69, 9.17) is 4.74 Å². The van der Waals surface area contributed by atoms with E-state index in [2.05, 4.69) is 9.36 Å². The fourth-order valence-corrected chi connectivity index (χ4v) is 2.04. The van der Waals surface area contributed by atoms with E-state index in [0.717, 1.165) is 42.3 Å². The molecule has 0 radical (unpaired) electrons. The minimum absolute atomic E-state index is 0.224. The van der Waals surface area contributed by atoms with E-state index in [9.17, 15) is 8.78 Å². The Bertz CT molecular complexity index is 554. The summed E-state index contributed by atoms with van der Waals surface area (Å²) in [6.45, 7) is 0. The van der Waals surface area contributed by atoms with Gasteiger partial charge in [-0.1, -0.05) is 0 Å². The van der Waals surface area contributed by atoms with Crippen molar-refractivity contribution in [2.24, 2.45) is 0 Å². The molecule has 1 aromatic carbocycles. The summed E-state index contributed by atoms with van der Waals surface area (Å²) in [6, 6.07) is 3.37. The van der Waals surface area contributed by atoms with Crippen molar-refractivity contribution < 1.29 is 13.5 Å². The first-order valence-electron chi connectivity index (χ1n) is 5.19. The second-order valence-corrected chi connectivity index (χ2v) is 4.59. The van der Waals surface area contributed by atoms with Crippen LogP contribution in [0.2, 0.25) is 0 Å². The summed E-state index contributed by atoms with van der Waals surface area (Å²) < 4.78 is 35.1. The number of benzene rings is 1. The highest BCUT2D eigenvalue weighted by Gasteiger charge is 2.28. The summed E-state index contributed by atoms with van der Waals surface area (Å²) in [6.07, 6.45) is 2.22. The van der Waals surface area contributed by atoms with Crippen LogP contribution in [0.3, 0.4) is 0 Å². The average molecular weight is 254 g/mol. The monoisotopic (exact) mass is 254 g/mol. The highest BCUT2D eigenvalue weighted by molar-refractivity contribution is 7.07. The Hall–Kier alpha value is -1.56. The first-order chi connectivity index (χ1) is 8.22. The average Bonchev–Trinajstić information content (AvgIpc) is 3.06. The van der Waals surface area contributed by atoms with Gasteiger partial charge in [0.25, 0.3) is 5.19 Å². The molecule has 1 fully saturated rings. The molecule has 0 aliphatic heterocycles. The van der Waals surface area contributed by atoms with Gasteiger partial charge in [0, 0.05) is 23.5 Å². The molecular formula is C11H8F2N2OS. The van der Waals surface area contributed by atoms with Crippen molar-refractivity contribution >= 4 is 11.5 Å². The largest absolute Gasteiger partial charge is 0.430 e. The smallest absolute Gasteiger partial charge is 0.298 e. The lowest BCUT2D eigenvalue weighted by Gasteiger charge is -2.00. The van der Waals surface area contributed by atoms with E-state index in [1.165, 1.54) is 6.07 Å². The summed E-state index contributed by atoms with van der Waals surface area (Å²) >= 11 is 1.12. The standard InChI is InChI=1S/C11H8F2N2OS/c12-8-4-3-7(5-9(8)13)16-11-14-10(15-17-11)6-1-2-6/h3-6H,1-2H2. The van der Waals surface area contributed by atoms with Gasteiger partial charge in [-0.15, -0.1) is 0 Å². The number of hydrogen-bond donors (Lipinski definition) is 0. The molecule has 3 rings (SSSR count). The fraction of sp³-hybridized carbons (Fsp3) is 0.273. The molecule has 1 aliphatic rings. The molecule has 1 aromatic heterocycles. The molecule has 1 saturated carbocycles. The maximum absolute atomic E-state index is 12.9. The molecule has 1 heterocycles. The Kier molecular flexibility index (Phi) is 2.51. The minimum Gasteiger partial charge on any atom is -0.430 e. The lowest BCUT2D eigenvalue weighted by atomic mass is 10.3. The summed E-state index contributed by atoms with van der Waals surface area (Å²) in [7, 11) is 0. The third-order valence-corrected chi connectivity index (χ3v) is 3.07. The topological polar surface area (TPSA) is 35.0 Å². The second kappa shape index (κ2) is 4.03. The van der Waals surface area contributed by atoms with Gasteiger partial charge in [-0.05, 0) is 25.0 Å². The number of ether oxygens (including phenoxy) is 1. The van der Waals surface area contributed by atoms with Crippen LogP contribution in [0.5, 0.6) is 10.9 Å². The Morgan fingerprint density at radius 1 is 1.24 bits per heavy atom. The van der Waals surface area contributed by atoms with Gasteiger partial charge >= 0.3 is 0 Å². The lowest BCUT2D eigenvalue weighted by Crippen LogP contribution is -1.88. The number of rotatable bonds is 3. The van der Waals surface area contributed by atoms with Gasteiger partial charge in [0.1, 0.15) is 11.6 Å². The normalized spacial score (nSPS) is 14.9. The number of aromatic nitrogens is 2. The van der Waals surface area contributed by atoms with Gasteiger partial charge in [0.2, 0.25) is 0 Å². The molecule has 0 spiro atoms. The maximum atomic E-state index is 12.9.